The van der Waals surface area contributed by atoms with Crippen LogP contribution in [-0.4, -0.2) is 9.97 Å². The van der Waals surface area contributed by atoms with Gasteiger partial charge in [0, 0.05) is 11.6 Å². The zero-order valence-corrected chi connectivity index (χ0v) is 9.90. The third-order valence-electron chi connectivity index (χ3n) is 2.57. The minimum Gasteiger partial charge on any atom is -0.454 e. The highest BCUT2D eigenvalue weighted by Gasteiger charge is 2.10. The number of aromatic nitrogens is 2. The van der Waals surface area contributed by atoms with Crippen LogP contribution < -0.4 is 0 Å². The van der Waals surface area contributed by atoms with Gasteiger partial charge in [-0.1, -0.05) is 23.2 Å². The summed E-state index contributed by atoms with van der Waals surface area (Å²) in [7, 11) is 0. The van der Waals surface area contributed by atoms with Crippen molar-refractivity contribution < 1.29 is 4.42 Å². The van der Waals surface area contributed by atoms with Gasteiger partial charge in [-0.25, -0.2) is 9.97 Å². The molecule has 2 aromatic heterocycles. The molecule has 0 aliphatic heterocycles. The molecule has 0 fully saturated rings. The molecule has 3 rings (SSSR count). The van der Waals surface area contributed by atoms with Gasteiger partial charge in [0.1, 0.15) is 17.6 Å². The Kier molecular flexibility index (Phi) is 2.34. The summed E-state index contributed by atoms with van der Waals surface area (Å²) in [5.41, 5.74) is 2.65. The third-order valence-corrected chi connectivity index (χ3v) is 2.85. The molecule has 0 aliphatic carbocycles. The second kappa shape index (κ2) is 3.86. The highest BCUT2D eigenvalue weighted by molar-refractivity contribution is 6.32. The Morgan fingerprint density at radius 1 is 1.24 bits per heavy atom. The molecule has 1 aromatic carbocycles. The molecule has 0 saturated carbocycles. The van der Waals surface area contributed by atoms with Crippen LogP contribution in [0.15, 0.2) is 41.2 Å². The van der Waals surface area contributed by atoms with Crippen molar-refractivity contribution in [3.63, 3.8) is 0 Å². The van der Waals surface area contributed by atoms with E-state index < -0.39 is 0 Å². The number of furan rings is 1. The molecular weight excluding hydrogens is 236 g/mol. The van der Waals surface area contributed by atoms with Gasteiger partial charge in [0.05, 0.1) is 5.02 Å². The Morgan fingerprint density at radius 2 is 2.12 bits per heavy atom. The Bertz CT molecular complexity index is 691. The Morgan fingerprint density at radius 3 is 2.94 bits per heavy atom. The van der Waals surface area contributed by atoms with E-state index in [1.54, 1.807) is 6.20 Å². The maximum atomic E-state index is 6.03. The van der Waals surface area contributed by atoms with Crippen LogP contribution in [0.5, 0.6) is 0 Å². The molecule has 0 radical (unpaired) electrons. The Balaban J connectivity index is 2.22. The molecule has 0 unspecified atom stereocenters. The molecule has 3 nitrogen and oxygen atoms in total. The van der Waals surface area contributed by atoms with Crippen LogP contribution in [0, 0.1) is 6.92 Å². The van der Waals surface area contributed by atoms with E-state index in [0.29, 0.717) is 16.5 Å². The summed E-state index contributed by atoms with van der Waals surface area (Å²) < 4.78 is 5.72. The van der Waals surface area contributed by atoms with E-state index in [0.717, 1.165) is 11.0 Å². The molecule has 17 heavy (non-hydrogen) atoms. The van der Waals surface area contributed by atoms with Gasteiger partial charge in [-0.3, -0.25) is 0 Å². The van der Waals surface area contributed by atoms with Gasteiger partial charge < -0.3 is 4.42 Å². The van der Waals surface area contributed by atoms with Crippen molar-refractivity contribution in [3.8, 4) is 11.5 Å². The Hall–Kier alpha value is -1.87. The molecule has 84 valence electrons. The summed E-state index contributed by atoms with van der Waals surface area (Å²) in [6, 6.07) is 7.97. The van der Waals surface area contributed by atoms with Gasteiger partial charge in [-0.05, 0) is 25.1 Å². The first-order valence-corrected chi connectivity index (χ1v) is 5.58. The average molecular weight is 245 g/mol. The molecule has 0 saturated heterocycles. The summed E-state index contributed by atoms with van der Waals surface area (Å²) in [6.07, 6.45) is 3.02. The zero-order valence-electron chi connectivity index (χ0n) is 9.14. The summed E-state index contributed by atoms with van der Waals surface area (Å²) >= 11 is 6.03. The largest absolute Gasteiger partial charge is 0.454 e. The number of hydrogen-bond acceptors (Lipinski definition) is 3. The molecular formula is C13H9ClN2O. The van der Waals surface area contributed by atoms with Crippen molar-refractivity contribution in [1.82, 2.24) is 9.97 Å². The minimum absolute atomic E-state index is 0.489. The molecule has 0 bridgehead atoms. The van der Waals surface area contributed by atoms with Crippen LogP contribution in [0.2, 0.25) is 5.02 Å². The van der Waals surface area contributed by atoms with Crippen molar-refractivity contribution in [2.24, 2.45) is 0 Å². The second-order valence-electron chi connectivity index (χ2n) is 3.87. The van der Waals surface area contributed by atoms with E-state index in [2.05, 4.69) is 16.0 Å². The van der Waals surface area contributed by atoms with Crippen LogP contribution in [-0.2, 0) is 0 Å². The number of nitrogens with zero attached hydrogens (tertiary/aromatic N) is 2. The van der Waals surface area contributed by atoms with E-state index in [1.165, 1.54) is 11.9 Å². The van der Waals surface area contributed by atoms with Crippen molar-refractivity contribution in [2.75, 3.05) is 0 Å². The summed E-state index contributed by atoms with van der Waals surface area (Å²) in [5, 5.41) is 1.54. The van der Waals surface area contributed by atoms with Crippen molar-refractivity contribution in [1.29, 1.82) is 0 Å². The number of aryl methyl sites for hydroxylation is 1. The maximum Gasteiger partial charge on any atom is 0.155 e. The smallest absolute Gasteiger partial charge is 0.155 e. The predicted octanol–water partition coefficient (Wildman–Crippen LogP) is 3.85. The van der Waals surface area contributed by atoms with Crippen LogP contribution in [0.4, 0.5) is 0 Å². The predicted molar refractivity (Wildman–Crippen MR) is 67.0 cm³/mol. The third kappa shape index (κ3) is 1.78. The van der Waals surface area contributed by atoms with Crippen LogP contribution in [0.25, 0.3) is 22.4 Å². The lowest BCUT2D eigenvalue weighted by molar-refractivity contribution is 0.628. The maximum absolute atomic E-state index is 6.03. The highest BCUT2D eigenvalue weighted by Crippen LogP contribution is 2.30. The fraction of sp³-hybridized carbons (Fsp3) is 0.0769. The fourth-order valence-electron chi connectivity index (χ4n) is 1.77. The average Bonchev–Trinajstić information content (AvgIpc) is 2.72. The number of halogens is 1. The Labute approximate surface area is 103 Å². The van der Waals surface area contributed by atoms with Crippen LogP contribution in [0.3, 0.4) is 0 Å². The summed E-state index contributed by atoms with van der Waals surface area (Å²) in [5.74, 6) is 0.665. The van der Waals surface area contributed by atoms with Crippen molar-refractivity contribution in [2.45, 2.75) is 6.92 Å². The first-order valence-electron chi connectivity index (χ1n) is 5.20. The number of hydrogen-bond donors (Lipinski definition) is 0. The molecule has 0 atom stereocenters. The first-order chi connectivity index (χ1) is 8.24. The topological polar surface area (TPSA) is 38.9 Å². The molecule has 0 N–H and O–H groups in total. The lowest BCUT2D eigenvalue weighted by Gasteiger charge is -1.96. The molecule has 0 amide bonds. The van der Waals surface area contributed by atoms with E-state index in [9.17, 15) is 0 Å². The molecule has 4 heteroatoms. The van der Waals surface area contributed by atoms with E-state index >= 15 is 0 Å². The van der Waals surface area contributed by atoms with Crippen molar-refractivity contribution in [3.05, 3.63) is 47.4 Å². The number of benzene rings is 1. The second-order valence-corrected chi connectivity index (χ2v) is 4.28. The van der Waals surface area contributed by atoms with Gasteiger partial charge >= 0.3 is 0 Å². The van der Waals surface area contributed by atoms with E-state index in [-0.39, 0.29) is 0 Å². The lowest BCUT2D eigenvalue weighted by Crippen LogP contribution is -1.83. The van der Waals surface area contributed by atoms with Gasteiger partial charge in [0.25, 0.3) is 0 Å². The normalized spacial score (nSPS) is 10.9. The monoisotopic (exact) mass is 244 g/mol. The van der Waals surface area contributed by atoms with Crippen LogP contribution >= 0.6 is 11.6 Å². The molecule has 0 aliphatic rings. The highest BCUT2D eigenvalue weighted by atomic mass is 35.5. The molecule has 3 aromatic rings. The summed E-state index contributed by atoms with van der Waals surface area (Å²) in [4.78, 5) is 7.98. The fourth-order valence-corrected chi connectivity index (χ4v) is 1.97. The van der Waals surface area contributed by atoms with Gasteiger partial charge in [0.15, 0.2) is 5.76 Å². The van der Waals surface area contributed by atoms with Gasteiger partial charge in [0.2, 0.25) is 0 Å². The minimum atomic E-state index is 0.489. The SMILES string of the molecule is Cc1ccc2oc(-c3ncncc3Cl)cc2c1. The number of fused-ring (bicyclic) bond motifs is 1. The van der Waals surface area contributed by atoms with E-state index in [1.807, 2.05) is 25.1 Å². The van der Waals surface area contributed by atoms with E-state index in [4.69, 9.17) is 16.0 Å². The zero-order chi connectivity index (χ0) is 11.8. The lowest BCUT2D eigenvalue weighted by atomic mass is 10.2. The quantitative estimate of drug-likeness (QED) is 0.653. The first kappa shape index (κ1) is 10.3. The summed E-state index contributed by atoms with van der Waals surface area (Å²) in [6.45, 7) is 2.05. The van der Waals surface area contributed by atoms with Gasteiger partial charge in [-0.2, -0.15) is 0 Å². The standard InChI is InChI=1S/C13H9ClN2O/c1-8-2-3-11-9(4-8)5-12(17-11)13-10(14)6-15-7-16-13/h2-7H,1H3. The van der Waals surface area contributed by atoms with Gasteiger partial charge in [-0.15, -0.1) is 0 Å². The molecule has 0 spiro atoms. The molecule has 2 heterocycles. The van der Waals surface area contributed by atoms with Crippen molar-refractivity contribution >= 4 is 22.6 Å². The number of rotatable bonds is 1. The van der Waals surface area contributed by atoms with Crippen LogP contribution in [0.1, 0.15) is 5.56 Å².